The van der Waals surface area contributed by atoms with Crippen LogP contribution in [0.4, 0.5) is 0 Å². The van der Waals surface area contributed by atoms with Crippen LogP contribution in [0.1, 0.15) is 22.5 Å². The van der Waals surface area contributed by atoms with Crippen molar-refractivity contribution in [2.45, 2.75) is 20.3 Å². The summed E-state index contributed by atoms with van der Waals surface area (Å²) in [6.45, 7) is 4.28. The molecule has 0 spiro atoms. The lowest BCUT2D eigenvalue weighted by molar-refractivity contribution is 1.00. The summed E-state index contributed by atoms with van der Waals surface area (Å²) in [5.41, 5.74) is 8.84. The molecule has 3 aromatic rings. The zero-order valence-corrected chi connectivity index (χ0v) is 10.6. The first-order chi connectivity index (χ1) is 8.74. The Balaban J connectivity index is 2.10. The van der Waals surface area contributed by atoms with Gasteiger partial charge < -0.3 is 4.40 Å². The van der Waals surface area contributed by atoms with Crippen LogP contribution in [0.25, 0.3) is 16.9 Å². The molecule has 18 heavy (non-hydrogen) atoms. The number of pyridine rings is 1. The number of aromatic nitrogens is 2. The summed E-state index contributed by atoms with van der Waals surface area (Å²) in [6, 6.07) is 13.0. The van der Waals surface area contributed by atoms with Gasteiger partial charge in [0.2, 0.25) is 0 Å². The highest BCUT2D eigenvalue weighted by molar-refractivity contribution is 5.76. The highest BCUT2D eigenvalue weighted by Gasteiger charge is 2.24. The van der Waals surface area contributed by atoms with Gasteiger partial charge in [-0.15, -0.1) is 0 Å². The molecular formula is C16H14N2. The van der Waals surface area contributed by atoms with E-state index in [1.807, 2.05) is 0 Å². The zero-order valence-electron chi connectivity index (χ0n) is 10.6. The van der Waals surface area contributed by atoms with Crippen LogP contribution in [0, 0.1) is 13.8 Å². The summed E-state index contributed by atoms with van der Waals surface area (Å²) in [5, 5.41) is 0. The molecule has 0 bridgehead atoms. The summed E-state index contributed by atoms with van der Waals surface area (Å²) in [5.74, 6) is 0. The molecule has 0 saturated carbocycles. The van der Waals surface area contributed by atoms with Gasteiger partial charge >= 0.3 is 0 Å². The van der Waals surface area contributed by atoms with Crippen molar-refractivity contribution in [3.05, 3.63) is 58.9 Å². The van der Waals surface area contributed by atoms with Gasteiger partial charge in [0, 0.05) is 17.7 Å². The molecule has 2 aromatic heterocycles. The van der Waals surface area contributed by atoms with E-state index >= 15 is 0 Å². The Kier molecular flexibility index (Phi) is 1.77. The lowest BCUT2D eigenvalue weighted by atomic mass is 10.1. The molecule has 0 saturated heterocycles. The van der Waals surface area contributed by atoms with Crippen molar-refractivity contribution < 1.29 is 0 Å². The van der Waals surface area contributed by atoms with Gasteiger partial charge in [0.15, 0.2) is 0 Å². The Labute approximate surface area is 106 Å². The maximum absolute atomic E-state index is 4.80. The zero-order chi connectivity index (χ0) is 12.3. The summed E-state index contributed by atoms with van der Waals surface area (Å²) >= 11 is 0. The van der Waals surface area contributed by atoms with Crippen molar-refractivity contribution in [2.75, 3.05) is 0 Å². The lowest BCUT2D eigenvalue weighted by Crippen LogP contribution is -1.95. The van der Waals surface area contributed by atoms with Crippen molar-refractivity contribution in [3.8, 4) is 11.3 Å². The third kappa shape index (κ3) is 1.15. The number of hydrogen-bond acceptors (Lipinski definition) is 1. The van der Waals surface area contributed by atoms with Crippen LogP contribution in [0.5, 0.6) is 0 Å². The molecule has 0 unspecified atom stereocenters. The Morgan fingerprint density at radius 2 is 2.00 bits per heavy atom. The average molecular weight is 234 g/mol. The molecule has 4 rings (SSSR count). The van der Waals surface area contributed by atoms with Gasteiger partial charge in [-0.1, -0.05) is 23.8 Å². The smallest absolute Gasteiger partial charge is 0.137 e. The topological polar surface area (TPSA) is 17.3 Å². The standard InChI is InChI=1S/C16H14N2/c1-10-6-7-12-9-14-16(13(12)8-10)17-15-5-3-4-11(2)18(14)15/h3-8H,9H2,1-2H3. The van der Waals surface area contributed by atoms with Gasteiger partial charge in [0.05, 0.1) is 11.4 Å². The van der Waals surface area contributed by atoms with E-state index in [-0.39, 0.29) is 0 Å². The number of rotatable bonds is 0. The van der Waals surface area contributed by atoms with Crippen LogP contribution >= 0.6 is 0 Å². The monoisotopic (exact) mass is 234 g/mol. The number of imidazole rings is 1. The second-order valence-corrected chi connectivity index (χ2v) is 5.11. The van der Waals surface area contributed by atoms with E-state index in [9.17, 15) is 0 Å². The minimum absolute atomic E-state index is 0.997. The van der Waals surface area contributed by atoms with Crippen molar-refractivity contribution >= 4 is 5.65 Å². The van der Waals surface area contributed by atoms with E-state index in [2.05, 4.69) is 54.6 Å². The SMILES string of the molecule is Cc1ccc2c(c1)-c1nc3cccc(C)n3c1C2. The number of nitrogens with zero attached hydrogens (tertiary/aromatic N) is 2. The Bertz CT molecular complexity index is 781. The quantitative estimate of drug-likeness (QED) is 0.455. The Hall–Kier alpha value is -2.09. The van der Waals surface area contributed by atoms with E-state index in [0.717, 1.165) is 12.1 Å². The van der Waals surface area contributed by atoms with Gasteiger partial charge in [-0.25, -0.2) is 4.98 Å². The van der Waals surface area contributed by atoms with Crippen molar-refractivity contribution in [2.24, 2.45) is 0 Å². The Morgan fingerprint density at radius 1 is 1.11 bits per heavy atom. The lowest BCUT2D eigenvalue weighted by Gasteiger charge is -2.03. The minimum atomic E-state index is 0.997. The first kappa shape index (κ1) is 9.89. The molecule has 1 aromatic carbocycles. The Morgan fingerprint density at radius 3 is 2.89 bits per heavy atom. The molecule has 2 nitrogen and oxygen atoms in total. The van der Waals surface area contributed by atoms with Crippen LogP contribution in [0.2, 0.25) is 0 Å². The molecule has 0 aliphatic heterocycles. The molecule has 88 valence electrons. The number of aryl methyl sites for hydroxylation is 2. The highest BCUT2D eigenvalue weighted by atomic mass is 15.0. The fraction of sp³-hybridized carbons (Fsp3) is 0.188. The maximum atomic E-state index is 4.80. The fourth-order valence-corrected chi connectivity index (χ4v) is 2.95. The van der Waals surface area contributed by atoms with Gasteiger partial charge in [-0.05, 0) is 37.6 Å². The second-order valence-electron chi connectivity index (χ2n) is 5.11. The van der Waals surface area contributed by atoms with Crippen LogP contribution in [0.15, 0.2) is 36.4 Å². The number of benzene rings is 1. The molecule has 0 fully saturated rings. The second kappa shape index (κ2) is 3.22. The molecule has 0 amide bonds. The number of fused-ring (bicyclic) bond motifs is 5. The molecule has 0 atom stereocenters. The maximum Gasteiger partial charge on any atom is 0.137 e. The third-order valence-electron chi connectivity index (χ3n) is 3.81. The van der Waals surface area contributed by atoms with Gasteiger partial charge in [-0.3, -0.25) is 0 Å². The predicted octanol–water partition coefficient (Wildman–Crippen LogP) is 3.52. The largest absolute Gasteiger partial charge is 0.300 e. The number of hydrogen-bond donors (Lipinski definition) is 0. The third-order valence-corrected chi connectivity index (χ3v) is 3.81. The average Bonchev–Trinajstić information content (AvgIpc) is 2.86. The van der Waals surface area contributed by atoms with Gasteiger partial charge in [0.25, 0.3) is 0 Å². The first-order valence-corrected chi connectivity index (χ1v) is 6.31. The summed E-state index contributed by atoms with van der Waals surface area (Å²) < 4.78 is 2.28. The molecule has 2 heteroatoms. The molecular weight excluding hydrogens is 220 g/mol. The van der Waals surface area contributed by atoms with Crippen molar-refractivity contribution in [1.82, 2.24) is 9.38 Å². The van der Waals surface area contributed by atoms with Crippen molar-refractivity contribution in [1.29, 1.82) is 0 Å². The van der Waals surface area contributed by atoms with Crippen LogP contribution in [0.3, 0.4) is 0 Å². The van der Waals surface area contributed by atoms with E-state index in [1.54, 1.807) is 0 Å². The van der Waals surface area contributed by atoms with E-state index < -0.39 is 0 Å². The van der Waals surface area contributed by atoms with Gasteiger partial charge in [0.1, 0.15) is 5.65 Å². The van der Waals surface area contributed by atoms with E-state index in [1.165, 1.54) is 33.8 Å². The van der Waals surface area contributed by atoms with E-state index in [4.69, 9.17) is 4.98 Å². The van der Waals surface area contributed by atoms with Crippen molar-refractivity contribution in [3.63, 3.8) is 0 Å². The fourth-order valence-electron chi connectivity index (χ4n) is 2.95. The molecule has 2 heterocycles. The summed E-state index contributed by atoms with van der Waals surface area (Å²) in [6.07, 6.45) is 0.997. The molecule has 0 radical (unpaired) electrons. The summed E-state index contributed by atoms with van der Waals surface area (Å²) in [7, 11) is 0. The summed E-state index contributed by atoms with van der Waals surface area (Å²) in [4.78, 5) is 4.80. The predicted molar refractivity (Wildman–Crippen MR) is 72.9 cm³/mol. The molecule has 1 aliphatic rings. The minimum Gasteiger partial charge on any atom is -0.300 e. The first-order valence-electron chi connectivity index (χ1n) is 6.31. The van der Waals surface area contributed by atoms with E-state index in [0.29, 0.717) is 0 Å². The van der Waals surface area contributed by atoms with Crippen LogP contribution < -0.4 is 0 Å². The van der Waals surface area contributed by atoms with Crippen LogP contribution in [-0.4, -0.2) is 9.38 Å². The van der Waals surface area contributed by atoms with Crippen LogP contribution in [-0.2, 0) is 6.42 Å². The van der Waals surface area contributed by atoms with Gasteiger partial charge in [-0.2, -0.15) is 0 Å². The molecule has 0 N–H and O–H groups in total. The highest BCUT2D eigenvalue weighted by Crippen LogP contribution is 2.37. The molecule has 1 aliphatic carbocycles. The normalized spacial score (nSPS) is 12.8.